The molecule has 21 heavy (non-hydrogen) atoms. The molecule has 0 N–H and O–H groups in total. The molecule has 120 valence electrons. The molecule has 0 aromatic carbocycles. The average Bonchev–Trinajstić information content (AvgIpc) is 2.42. The largest absolute Gasteiger partial charge is 0.374 e. The highest BCUT2D eigenvalue weighted by atomic mass is 32.3. The molecule has 0 aromatic rings. The van der Waals surface area contributed by atoms with Gasteiger partial charge in [-0.3, -0.25) is 0 Å². The molecular formula is C14H24FN3O2S. The van der Waals surface area contributed by atoms with E-state index in [4.69, 9.17) is 10.5 Å². The maximum absolute atomic E-state index is 13.1. The Morgan fingerprint density at radius 3 is 1.48 bits per heavy atom. The highest BCUT2D eigenvalue weighted by molar-refractivity contribution is 7.83. The van der Waals surface area contributed by atoms with Crippen molar-refractivity contribution in [3.8, 4) is 12.1 Å². The van der Waals surface area contributed by atoms with Crippen molar-refractivity contribution in [3.05, 3.63) is 0 Å². The fourth-order valence-corrected chi connectivity index (χ4v) is 2.72. The van der Waals surface area contributed by atoms with Gasteiger partial charge in [0.15, 0.2) is 0 Å². The topological polar surface area (TPSA) is 85.0 Å². The molecule has 0 bridgehead atoms. The third kappa shape index (κ3) is 12.3. The number of nitrogens with zero attached hydrogens (tertiary/aromatic N) is 3. The Hall–Kier alpha value is -1.18. The Morgan fingerprint density at radius 2 is 1.14 bits per heavy atom. The van der Waals surface area contributed by atoms with Crippen LogP contribution in [0, 0.1) is 22.7 Å². The van der Waals surface area contributed by atoms with Crippen molar-refractivity contribution < 1.29 is 12.3 Å². The molecule has 0 unspecified atom stereocenters. The molecule has 5 nitrogen and oxygen atoms in total. The lowest BCUT2D eigenvalue weighted by molar-refractivity contribution is 0.363. The molecule has 0 aromatic heterocycles. The second-order valence-corrected chi connectivity index (χ2v) is 6.33. The number of rotatable bonds is 13. The van der Waals surface area contributed by atoms with Gasteiger partial charge in [0, 0.05) is 25.9 Å². The van der Waals surface area contributed by atoms with Crippen molar-refractivity contribution >= 4 is 10.4 Å². The zero-order valence-electron chi connectivity index (χ0n) is 12.4. The molecule has 0 fully saturated rings. The summed E-state index contributed by atoms with van der Waals surface area (Å²) < 4.78 is 36.1. The lowest BCUT2D eigenvalue weighted by Crippen LogP contribution is -2.30. The smallest absolute Gasteiger partial charge is 0.198 e. The van der Waals surface area contributed by atoms with Gasteiger partial charge in [-0.2, -0.15) is 23.2 Å². The summed E-state index contributed by atoms with van der Waals surface area (Å²) in [6.07, 6.45) is 7.18. The second-order valence-electron chi connectivity index (χ2n) is 4.99. The molecule has 0 aliphatic rings. The van der Waals surface area contributed by atoms with Gasteiger partial charge in [0.2, 0.25) is 0 Å². The second kappa shape index (κ2) is 12.6. The van der Waals surface area contributed by atoms with Crippen molar-refractivity contribution in [2.45, 2.75) is 64.2 Å². The van der Waals surface area contributed by atoms with Crippen molar-refractivity contribution in [2.24, 2.45) is 0 Å². The Bertz CT molecular complexity index is 414. The number of hydrogen-bond acceptors (Lipinski definition) is 4. The van der Waals surface area contributed by atoms with Crippen LogP contribution in [0.1, 0.15) is 64.2 Å². The standard InChI is InChI=1S/C14H24FN3O2S/c15-21(19,20)18(13-9-5-1-3-7-11-16)14-10-6-2-4-8-12-17/h1-10,13-14H2. The third-order valence-electron chi connectivity index (χ3n) is 3.20. The lowest BCUT2D eigenvalue weighted by Gasteiger charge is -2.17. The third-order valence-corrected chi connectivity index (χ3v) is 4.18. The van der Waals surface area contributed by atoms with Crippen LogP contribution in [0.3, 0.4) is 0 Å². The summed E-state index contributed by atoms with van der Waals surface area (Å²) in [7, 11) is -4.63. The van der Waals surface area contributed by atoms with Gasteiger partial charge in [0.05, 0.1) is 12.1 Å². The van der Waals surface area contributed by atoms with Gasteiger partial charge >= 0.3 is 10.4 Å². The molecule has 7 heteroatoms. The summed E-state index contributed by atoms with van der Waals surface area (Å²) in [6.45, 7) is 0.396. The van der Waals surface area contributed by atoms with E-state index < -0.39 is 10.4 Å². The van der Waals surface area contributed by atoms with Crippen LogP contribution in [0.5, 0.6) is 0 Å². The quantitative estimate of drug-likeness (QED) is 0.384. The van der Waals surface area contributed by atoms with E-state index in [0.29, 0.717) is 25.7 Å². The molecule has 0 atom stereocenters. The summed E-state index contributed by atoms with van der Waals surface area (Å²) in [4.78, 5) is 0. The maximum Gasteiger partial charge on any atom is 0.374 e. The molecule has 0 heterocycles. The summed E-state index contributed by atoms with van der Waals surface area (Å²) in [5, 5.41) is 16.8. The first kappa shape index (κ1) is 19.8. The van der Waals surface area contributed by atoms with Gasteiger partial charge in [0.25, 0.3) is 0 Å². The van der Waals surface area contributed by atoms with Crippen molar-refractivity contribution in [1.82, 2.24) is 4.31 Å². The first-order chi connectivity index (χ1) is 10.0. The number of nitriles is 2. The van der Waals surface area contributed by atoms with Gasteiger partial charge in [0.1, 0.15) is 0 Å². The Kier molecular flexibility index (Phi) is 11.8. The van der Waals surface area contributed by atoms with Crippen LogP contribution in [0.2, 0.25) is 0 Å². The molecule has 0 radical (unpaired) electrons. The van der Waals surface area contributed by atoms with Crippen LogP contribution < -0.4 is 0 Å². The first-order valence-electron chi connectivity index (χ1n) is 7.46. The molecule has 0 amide bonds. The van der Waals surface area contributed by atoms with Crippen LogP contribution in [-0.4, -0.2) is 25.8 Å². The number of unbranched alkanes of at least 4 members (excludes halogenated alkanes) is 8. The predicted molar refractivity (Wildman–Crippen MR) is 79.0 cm³/mol. The van der Waals surface area contributed by atoms with Gasteiger partial charge in [-0.1, -0.05) is 29.6 Å². The molecular weight excluding hydrogens is 293 g/mol. The summed E-state index contributed by atoms with van der Waals surface area (Å²) >= 11 is 0. The monoisotopic (exact) mass is 317 g/mol. The van der Waals surface area contributed by atoms with Gasteiger partial charge in [-0.05, 0) is 25.7 Å². The molecule has 0 rings (SSSR count). The van der Waals surface area contributed by atoms with Crippen LogP contribution in [0.25, 0.3) is 0 Å². The zero-order chi connectivity index (χ0) is 16.0. The van der Waals surface area contributed by atoms with Crippen LogP contribution in [0.4, 0.5) is 3.89 Å². The lowest BCUT2D eigenvalue weighted by atomic mass is 10.1. The van der Waals surface area contributed by atoms with E-state index in [9.17, 15) is 12.3 Å². The van der Waals surface area contributed by atoms with Crippen LogP contribution in [-0.2, 0) is 10.4 Å². The van der Waals surface area contributed by atoms with E-state index in [-0.39, 0.29) is 13.1 Å². The fourth-order valence-electron chi connectivity index (χ4n) is 2.02. The Balaban J connectivity index is 3.85. The van der Waals surface area contributed by atoms with Crippen molar-refractivity contribution in [3.63, 3.8) is 0 Å². The molecule has 0 saturated heterocycles. The van der Waals surface area contributed by atoms with E-state index in [1.165, 1.54) is 0 Å². The SMILES string of the molecule is N#CCCCCCCN(CCCCCCC#N)S(=O)(=O)F. The summed E-state index contributed by atoms with van der Waals surface area (Å²) in [5.74, 6) is 0. The van der Waals surface area contributed by atoms with Crippen molar-refractivity contribution in [2.75, 3.05) is 13.1 Å². The normalized spacial score (nSPS) is 11.2. The van der Waals surface area contributed by atoms with Gasteiger partial charge in [-0.25, -0.2) is 0 Å². The van der Waals surface area contributed by atoms with E-state index in [2.05, 4.69) is 12.1 Å². The molecule has 0 saturated carbocycles. The predicted octanol–water partition coefficient (Wildman–Crippen LogP) is 3.45. The highest BCUT2D eigenvalue weighted by Crippen LogP contribution is 2.11. The zero-order valence-corrected chi connectivity index (χ0v) is 13.2. The van der Waals surface area contributed by atoms with Gasteiger partial charge in [-0.15, -0.1) is 0 Å². The van der Waals surface area contributed by atoms with Crippen LogP contribution >= 0.6 is 0 Å². The number of hydrogen-bond donors (Lipinski definition) is 0. The Labute approximate surface area is 127 Å². The van der Waals surface area contributed by atoms with E-state index in [1.54, 1.807) is 0 Å². The van der Waals surface area contributed by atoms with E-state index in [1.807, 2.05) is 0 Å². The van der Waals surface area contributed by atoms with Crippen LogP contribution in [0.15, 0.2) is 0 Å². The van der Waals surface area contributed by atoms with E-state index >= 15 is 0 Å². The fraction of sp³-hybridized carbons (Fsp3) is 0.857. The van der Waals surface area contributed by atoms with Crippen molar-refractivity contribution in [1.29, 1.82) is 10.5 Å². The minimum Gasteiger partial charge on any atom is -0.198 e. The molecule has 0 aliphatic heterocycles. The summed E-state index contributed by atoms with van der Waals surface area (Å²) in [5.41, 5.74) is 0. The first-order valence-corrected chi connectivity index (χ1v) is 8.80. The molecule has 0 spiro atoms. The average molecular weight is 317 g/mol. The van der Waals surface area contributed by atoms with Gasteiger partial charge < -0.3 is 0 Å². The minimum absolute atomic E-state index is 0.198. The minimum atomic E-state index is -4.63. The highest BCUT2D eigenvalue weighted by Gasteiger charge is 2.19. The summed E-state index contributed by atoms with van der Waals surface area (Å²) in [6, 6.07) is 4.11. The van der Waals surface area contributed by atoms with E-state index in [0.717, 1.165) is 42.8 Å². The Morgan fingerprint density at radius 1 is 0.762 bits per heavy atom. The molecule has 0 aliphatic carbocycles. The maximum atomic E-state index is 13.1. The number of halogens is 1.